The largest absolute Gasteiger partial charge is 0.352 e. The minimum Gasteiger partial charge on any atom is -0.352 e. The summed E-state index contributed by atoms with van der Waals surface area (Å²) in [5, 5.41) is 17.6. The van der Waals surface area contributed by atoms with Crippen LogP contribution in [0.4, 0.5) is 0 Å². The van der Waals surface area contributed by atoms with E-state index in [4.69, 9.17) is 11.6 Å². The molecule has 0 fully saturated rings. The molecular formula is C27H26ClN3O2S. The lowest BCUT2D eigenvalue weighted by Crippen LogP contribution is -2.37. The SMILES string of the molecule is CC1(C)CC(=O)C2=C(C1)NC(SCC(=O)NCc1ccccc1)=C(C#N)C2c1ccc(Cl)cc1. The molecule has 1 amide bonds. The number of carbonyl (C=O) groups is 2. The number of hydrogen-bond acceptors (Lipinski definition) is 5. The lowest BCUT2D eigenvalue weighted by Gasteiger charge is -2.39. The molecule has 0 saturated carbocycles. The third-order valence-corrected chi connectivity index (χ3v) is 7.28. The van der Waals surface area contributed by atoms with Crippen LogP contribution in [0, 0.1) is 16.7 Å². The number of nitrogens with one attached hydrogen (secondary N) is 2. The number of Topliss-reactive ketones (excluding diaryl/α,β-unsaturated/α-hetero) is 1. The molecule has 1 heterocycles. The number of allylic oxidation sites excluding steroid dienone is 3. The molecule has 7 heteroatoms. The number of nitrogens with zero attached hydrogens (tertiary/aromatic N) is 1. The van der Waals surface area contributed by atoms with Gasteiger partial charge in [-0.3, -0.25) is 9.59 Å². The van der Waals surface area contributed by atoms with E-state index in [2.05, 4.69) is 30.6 Å². The molecule has 2 aliphatic rings. The third kappa shape index (κ3) is 5.38. The summed E-state index contributed by atoms with van der Waals surface area (Å²) < 4.78 is 0. The van der Waals surface area contributed by atoms with Crippen LogP contribution in [0.1, 0.15) is 43.7 Å². The maximum Gasteiger partial charge on any atom is 0.230 e. The summed E-state index contributed by atoms with van der Waals surface area (Å²) in [5.41, 5.74) is 3.63. The predicted molar refractivity (Wildman–Crippen MR) is 136 cm³/mol. The maximum absolute atomic E-state index is 13.2. The second-order valence-electron chi connectivity index (χ2n) is 9.35. The average Bonchev–Trinajstić information content (AvgIpc) is 2.81. The highest BCUT2D eigenvalue weighted by atomic mass is 35.5. The van der Waals surface area contributed by atoms with Gasteiger partial charge in [-0.1, -0.05) is 79.7 Å². The molecule has 0 radical (unpaired) electrons. The molecule has 2 aromatic carbocycles. The zero-order valence-corrected chi connectivity index (χ0v) is 20.7. The molecule has 1 atom stereocenters. The molecule has 2 aromatic rings. The summed E-state index contributed by atoms with van der Waals surface area (Å²) >= 11 is 7.39. The van der Waals surface area contributed by atoms with Crippen LogP contribution in [0.3, 0.4) is 0 Å². The molecule has 4 rings (SSSR count). The third-order valence-electron chi connectivity index (χ3n) is 6.01. The lowest BCUT2D eigenvalue weighted by atomic mass is 9.69. The number of hydrogen-bond donors (Lipinski definition) is 2. The van der Waals surface area contributed by atoms with Crippen LogP contribution in [0.5, 0.6) is 0 Å². The van der Waals surface area contributed by atoms with Gasteiger partial charge in [0.1, 0.15) is 0 Å². The number of benzene rings is 2. The minimum absolute atomic E-state index is 0.0519. The predicted octanol–water partition coefficient (Wildman–Crippen LogP) is 5.45. The Kier molecular flexibility index (Phi) is 7.16. The van der Waals surface area contributed by atoms with Crippen molar-refractivity contribution in [2.75, 3.05) is 5.75 Å². The monoisotopic (exact) mass is 491 g/mol. The highest BCUT2D eigenvalue weighted by Crippen LogP contribution is 2.47. The first-order valence-corrected chi connectivity index (χ1v) is 12.5. The van der Waals surface area contributed by atoms with Crippen molar-refractivity contribution in [3.63, 3.8) is 0 Å². The van der Waals surface area contributed by atoms with Gasteiger partial charge in [-0.15, -0.1) is 0 Å². The number of ketones is 1. The van der Waals surface area contributed by atoms with Gasteiger partial charge in [-0.05, 0) is 35.1 Å². The van der Waals surface area contributed by atoms with E-state index in [9.17, 15) is 14.9 Å². The van der Waals surface area contributed by atoms with Gasteiger partial charge in [0.15, 0.2) is 5.78 Å². The van der Waals surface area contributed by atoms with Crippen LogP contribution in [-0.4, -0.2) is 17.4 Å². The molecule has 174 valence electrons. The van der Waals surface area contributed by atoms with Crippen molar-refractivity contribution in [1.82, 2.24) is 10.6 Å². The van der Waals surface area contributed by atoms with Crippen molar-refractivity contribution in [3.05, 3.63) is 92.6 Å². The van der Waals surface area contributed by atoms with E-state index in [0.29, 0.717) is 40.6 Å². The quantitative estimate of drug-likeness (QED) is 0.561. The minimum atomic E-state index is -0.475. The van der Waals surface area contributed by atoms with Crippen LogP contribution in [-0.2, 0) is 16.1 Å². The van der Waals surface area contributed by atoms with Gasteiger partial charge in [0.2, 0.25) is 5.91 Å². The first kappa shape index (κ1) is 24.1. The Bertz CT molecular complexity index is 1210. The summed E-state index contributed by atoms with van der Waals surface area (Å²) in [6, 6.07) is 19.3. The van der Waals surface area contributed by atoms with Crippen molar-refractivity contribution >= 4 is 35.1 Å². The summed E-state index contributed by atoms with van der Waals surface area (Å²) in [6.07, 6.45) is 1.13. The summed E-state index contributed by atoms with van der Waals surface area (Å²) in [5.74, 6) is -0.385. The molecular weight excluding hydrogens is 466 g/mol. The van der Waals surface area contributed by atoms with E-state index in [1.807, 2.05) is 42.5 Å². The van der Waals surface area contributed by atoms with Crippen LogP contribution in [0.2, 0.25) is 5.02 Å². The Balaban J connectivity index is 1.60. The van der Waals surface area contributed by atoms with Crippen molar-refractivity contribution in [3.8, 4) is 6.07 Å². The summed E-state index contributed by atoms with van der Waals surface area (Å²) in [4.78, 5) is 25.8. The number of rotatable bonds is 6. The standard InChI is InChI=1S/C27H26ClN3O2S/c1-27(2)12-21-25(22(32)13-27)24(18-8-10-19(28)11-9-18)20(14-29)26(31-21)34-16-23(33)30-15-17-6-4-3-5-7-17/h3-11,24,31H,12-13,15-16H2,1-2H3,(H,30,33). The van der Waals surface area contributed by atoms with Gasteiger partial charge < -0.3 is 10.6 Å². The molecule has 5 nitrogen and oxygen atoms in total. The number of nitriles is 1. The van der Waals surface area contributed by atoms with E-state index < -0.39 is 5.92 Å². The molecule has 0 saturated heterocycles. The Hall–Kier alpha value is -3.01. The van der Waals surface area contributed by atoms with E-state index in [1.165, 1.54) is 11.8 Å². The molecule has 0 spiro atoms. The number of halogens is 1. The molecule has 34 heavy (non-hydrogen) atoms. The van der Waals surface area contributed by atoms with Gasteiger partial charge in [0, 0.05) is 29.3 Å². The molecule has 1 aliphatic carbocycles. The number of amides is 1. The second kappa shape index (κ2) is 10.1. The highest BCUT2D eigenvalue weighted by Gasteiger charge is 2.41. The van der Waals surface area contributed by atoms with Crippen LogP contribution in [0.15, 0.2) is 76.5 Å². The van der Waals surface area contributed by atoms with E-state index in [-0.39, 0.29) is 22.9 Å². The Labute approximate surface area is 209 Å². The Morgan fingerprint density at radius 2 is 1.88 bits per heavy atom. The second-order valence-corrected chi connectivity index (χ2v) is 10.8. The van der Waals surface area contributed by atoms with Crippen molar-refractivity contribution < 1.29 is 9.59 Å². The van der Waals surface area contributed by atoms with Crippen molar-refractivity contribution in [1.29, 1.82) is 5.26 Å². The smallest absolute Gasteiger partial charge is 0.230 e. The van der Waals surface area contributed by atoms with Gasteiger partial charge in [-0.2, -0.15) is 5.26 Å². The zero-order valence-electron chi connectivity index (χ0n) is 19.2. The van der Waals surface area contributed by atoms with Gasteiger partial charge >= 0.3 is 0 Å². The van der Waals surface area contributed by atoms with Crippen LogP contribution in [0.25, 0.3) is 0 Å². The molecule has 0 aromatic heterocycles. The first-order chi connectivity index (χ1) is 16.3. The first-order valence-electron chi connectivity index (χ1n) is 11.1. The van der Waals surface area contributed by atoms with E-state index >= 15 is 0 Å². The fourth-order valence-corrected chi connectivity index (χ4v) is 5.48. The molecule has 1 unspecified atom stereocenters. The van der Waals surface area contributed by atoms with Crippen molar-refractivity contribution in [2.45, 2.75) is 39.2 Å². The Morgan fingerprint density at radius 3 is 2.56 bits per heavy atom. The average molecular weight is 492 g/mol. The van der Waals surface area contributed by atoms with E-state index in [1.54, 1.807) is 12.1 Å². The van der Waals surface area contributed by atoms with Crippen LogP contribution >= 0.6 is 23.4 Å². The van der Waals surface area contributed by atoms with Gasteiger partial charge in [-0.25, -0.2) is 0 Å². The Morgan fingerprint density at radius 1 is 1.18 bits per heavy atom. The summed E-state index contributed by atoms with van der Waals surface area (Å²) in [6.45, 7) is 4.59. The number of dihydropyridines is 1. The fourth-order valence-electron chi connectivity index (χ4n) is 4.46. The highest BCUT2D eigenvalue weighted by molar-refractivity contribution is 8.03. The summed E-state index contributed by atoms with van der Waals surface area (Å²) in [7, 11) is 0. The lowest BCUT2D eigenvalue weighted by molar-refractivity contribution is -0.119. The van der Waals surface area contributed by atoms with Crippen molar-refractivity contribution in [2.24, 2.45) is 5.41 Å². The number of carbonyl (C=O) groups excluding carboxylic acids is 2. The van der Waals surface area contributed by atoms with Gasteiger partial charge in [0.25, 0.3) is 0 Å². The molecule has 2 N–H and O–H groups in total. The topological polar surface area (TPSA) is 82.0 Å². The number of thioether (sulfide) groups is 1. The van der Waals surface area contributed by atoms with Gasteiger partial charge in [0.05, 0.1) is 28.3 Å². The molecule has 0 bridgehead atoms. The maximum atomic E-state index is 13.2. The molecule has 1 aliphatic heterocycles. The van der Waals surface area contributed by atoms with Crippen LogP contribution < -0.4 is 10.6 Å². The van der Waals surface area contributed by atoms with E-state index in [0.717, 1.165) is 16.8 Å². The fraction of sp³-hybridized carbons (Fsp3) is 0.296. The zero-order chi connectivity index (χ0) is 24.3. The normalized spacial score (nSPS) is 19.2.